The average Bonchev–Trinajstić information content (AvgIpc) is 3.35. The zero-order chi connectivity index (χ0) is 21.1. The number of allylic oxidation sites excluding steroid dienone is 4. The molecule has 164 valence electrons. The van der Waals surface area contributed by atoms with Gasteiger partial charge in [-0.3, -0.25) is 0 Å². The molecule has 0 heterocycles. The Labute approximate surface area is 180 Å². The highest BCUT2D eigenvalue weighted by Gasteiger charge is 2.44. The first-order valence-corrected chi connectivity index (χ1v) is 12.0. The molecule has 0 aromatic heterocycles. The minimum Gasteiger partial charge on any atom is -0.491 e. The van der Waals surface area contributed by atoms with Gasteiger partial charge in [0.2, 0.25) is 5.82 Å². The molecule has 2 fully saturated rings. The highest BCUT2D eigenvalue weighted by molar-refractivity contribution is 5.33. The van der Waals surface area contributed by atoms with Gasteiger partial charge < -0.3 is 4.74 Å². The van der Waals surface area contributed by atoms with Crippen LogP contribution in [0.15, 0.2) is 35.9 Å². The molecule has 1 aromatic carbocycles. The number of halogens is 2. The molecule has 0 radical (unpaired) electrons. The van der Waals surface area contributed by atoms with E-state index in [4.69, 9.17) is 4.74 Å². The van der Waals surface area contributed by atoms with Crippen LogP contribution in [0.4, 0.5) is 8.78 Å². The Morgan fingerprint density at radius 3 is 2.53 bits per heavy atom. The van der Waals surface area contributed by atoms with Gasteiger partial charge in [-0.1, -0.05) is 29.9 Å². The first-order chi connectivity index (χ1) is 14.6. The second-order valence-corrected chi connectivity index (χ2v) is 9.46. The summed E-state index contributed by atoms with van der Waals surface area (Å²) < 4.78 is 34.2. The Hall–Kier alpha value is -1.64. The van der Waals surface area contributed by atoms with Gasteiger partial charge in [0, 0.05) is 0 Å². The number of fused-ring (bicyclic) bond motifs is 1. The lowest BCUT2D eigenvalue weighted by atomic mass is 9.70. The van der Waals surface area contributed by atoms with Crippen molar-refractivity contribution in [2.45, 2.75) is 77.6 Å². The number of benzene rings is 1. The number of hydrogen-bond donors (Lipinski definition) is 0. The second kappa shape index (κ2) is 9.66. The van der Waals surface area contributed by atoms with Crippen molar-refractivity contribution in [2.24, 2.45) is 23.7 Å². The standard InChI is InChI=1S/C27H36F2O/c1-3-5-6-7-18-12-13-24-21(18)14-15-22(24)19-8-10-20(11-9-19)23-16-17-25(30-4-2)27(29)26(23)28/h3,5,12,16-17,19-22,24H,4,6-11,13-15H2,1-2H3. The predicted molar refractivity (Wildman–Crippen MR) is 119 cm³/mol. The monoisotopic (exact) mass is 414 g/mol. The molecule has 0 saturated heterocycles. The molecule has 1 aromatic rings. The van der Waals surface area contributed by atoms with Gasteiger partial charge in [0.1, 0.15) is 0 Å². The first kappa shape index (κ1) is 21.6. The average molecular weight is 415 g/mol. The van der Waals surface area contributed by atoms with Crippen LogP contribution >= 0.6 is 0 Å². The van der Waals surface area contributed by atoms with Crippen molar-refractivity contribution in [3.05, 3.63) is 53.1 Å². The maximum Gasteiger partial charge on any atom is 0.200 e. The first-order valence-electron chi connectivity index (χ1n) is 12.0. The fourth-order valence-electron chi connectivity index (χ4n) is 6.61. The van der Waals surface area contributed by atoms with Crippen LogP contribution in [-0.2, 0) is 0 Å². The highest BCUT2D eigenvalue weighted by atomic mass is 19.2. The smallest absolute Gasteiger partial charge is 0.200 e. The van der Waals surface area contributed by atoms with Crippen molar-refractivity contribution < 1.29 is 13.5 Å². The molecule has 4 rings (SSSR count). The van der Waals surface area contributed by atoms with Gasteiger partial charge in [-0.05, 0) is 113 Å². The molecule has 0 aliphatic heterocycles. The van der Waals surface area contributed by atoms with Gasteiger partial charge in [0.15, 0.2) is 11.6 Å². The summed E-state index contributed by atoms with van der Waals surface area (Å²) in [5.41, 5.74) is 2.26. The van der Waals surface area contributed by atoms with Crippen molar-refractivity contribution in [3.8, 4) is 5.75 Å². The molecule has 1 nitrogen and oxygen atoms in total. The van der Waals surface area contributed by atoms with Crippen LogP contribution in [-0.4, -0.2) is 6.61 Å². The maximum absolute atomic E-state index is 14.6. The zero-order valence-corrected chi connectivity index (χ0v) is 18.5. The van der Waals surface area contributed by atoms with Crippen LogP contribution in [0.25, 0.3) is 0 Å². The highest BCUT2D eigenvalue weighted by Crippen LogP contribution is 2.54. The molecule has 3 atom stereocenters. The third kappa shape index (κ3) is 4.22. The Kier molecular flexibility index (Phi) is 6.95. The van der Waals surface area contributed by atoms with Gasteiger partial charge in [0.25, 0.3) is 0 Å². The largest absolute Gasteiger partial charge is 0.491 e. The summed E-state index contributed by atoms with van der Waals surface area (Å²) in [7, 11) is 0. The van der Waals surface area contributed by atoms with E-state index in [1.807, 2.05) is 0 Å². The molecule has 0 spiro atoms. The number of ether oxygens (including phenoxy) is 1. The second-order valence-electron chi connectivity index (χ2n) is 9.46. The summed E-state index contributed by atoms with van der Waals surface area (Å²) in [6.45, 7) is 4.22. The van der Waals surface area contributed by atoms with Crippen LogP contribution in [0, 0.1) is 35.3 Å². The molecular formula is C27H36F2O. The normalized spacial score (nSPS) is 31.2. The topological polar surface area (TPSA) is 9.23 Å². The fourth-order valence-corrected chi connectivity index (χ4v) is 6.61. The van der Waals surface area contributed by atoms with E-state index < -0.39 is 11.6 Å². The van der Waals surface area contributed by atoms with E-state index >= 15 is 0 Å². The molecule has 3 aliphatic carbocycles. The lowest BCUT2D eigenvalue weighted by Crippen LogP contribution is -2.25. The summed E-state index contributed by atoms with van der Waals surface area (Å²) in [5, 5.41) is 0. The van der Waals surface area contributed by atoms with E-state index in [2.05, 4.69) is 25.2 Å². The molecule has 0 amide bonds. The maximum atomic E-state index is 14.6. The van der Waals surface area contributed by atoms with Crippen molar-refractivity contribution in [3.63, 3.8) is 0 Å². The molecule has 3 aliphatic rings. The van der Waals surface area contributed by atoms with Gasteiger partial charge in [0.05, 0.1) is 6.61 Å². The Morgan fingerprint density at radius 1 is 1.00 bits per heavy atom. The summed E-state index contributed by atoms with van der Waals surface area (Å²) in [6.07, 6.45) is 17.6. The summed E-state index contributed by atoms with van der Waals surface area (Å²) in [6, 6.07) is 3.35. The van der Waals surface area contributed by atoms with Crippen LogP contribution in [0.2, 0.25) is 0 Å². The summed E-state index contributed by atoms with van der Waals surface area (Å²) in [5.74, 6) is 1.89. The quantitative estimate of drug-likeness (QED) is 0.411. The van der Waals surface area contributed by atoms with Gasteiger partial charge in [-0.2, -0.15) is 4.39 Å². The van der Waals surface area contributed by atoms with Crippen molar-refractivity contribution in [1.29, 1.82) is 0 Å². The third-order valence-corrected chi connectivity index (χ3v) is 8.04. The van der Waals surface area contributed by atoms with E-state index in [0.717, 1.165) is 49.4 Å². The zero-order valence-electron chi connectivity index (χ0n) is 18.5. The summed E-state index contributed by atoms with van der Waals surface area (Å²) >= 11 is 0. The third-order valence-electron chi connectivity index (χ3n) is 8.04. The van der Waals surface area contributed by atoms with E-state index in [1.54, 1.807) is 24.6 Å². The van der Waals surface area contributed by atoms with Crippen molar-refractivity contribution in [1.82, 2.24) is 0 Å². The van der Waals surface area contributed by atoms with E-state index in [9.17, 15) is 8.78 Å². The van der Waals surface area contributed by atoms with Crippen LogP contribution < -0.4 is 4.74 Å². The summed E-state index contributed by atoms with van der Waals surface area (Å²) in [4.78, 5) is 0. The van der Waals surface area contributed by atoms with Crippen LogP contribution in [0.3, 0.4) is 0 Å². The Balaban J connectivity index is 1.34. The predicted octanol–water partition coefficient (Wildman–Crippen LogP) is 7.97. The van der Waals surface area contributed by atoms with E-state index in [-0.39, 0.29) is 11.7 Å². The minimum absolute atomic E-state index is 0.0309. The van der Waals surface area contributed by atoms with E-state index in [0.29, 0.717) is 12.2 Å². The van der Waals surface area contributed by atoms with Crippen molar-refractivity contribution in [2.75, 3.05) is 6.61 Å². The Morgan fingerprint density at radius 2 is 1.80 bits per heavy atom. The van der Waals surface area contributed by atoms with Crippen LogP contribution in [0.1, 0.15) is 83.1 Å². The molecule has 0 bridgehead atoms. The molecule has 3 unspecified atom stereocenters. The lowest BCUT2D eigenvalue weighted by Gasteiger charge is -2.35. The van der Waals surface area contributed by atoms with Crippen molar-refractivity contribution >= 4 is 0 Å². The number of rotatable bonds is 7. The van der Waals surface area contributed by atoms with Crippen LogP contribution in [0.5, 0.6) is 5.75 Å². The van der Waals surface area contributed by atoms with Gasteiger partial charge in [-0.25, -0.2) is 4.39 Å². The lowest BCUT2D eigenvalue weighted by molar-refractivity contribution is 0.184. The molecular weight excluding hydrogens is 378 g/mol. The van der Waals surface area contributed by atoms with E-state index in [1.165, 1.54) is 32.1 Å². The Bertz CT molecular complexity index is 788. The molecule has 30 heavy (non-hydrogen) atoms. The van der Waals surface area contributed by atoms with Gasteiger partial charge in [-0.15, -0.1) is 0 Å². The molecule has 3 heteroatoms. The molecule has 2 saturated carbocycles. The molecule has 0 N–H and O–H groups in total. The minimum atomic E-state index is -0.822. The number of hydrogen-bond acceptors (Lipinski definition) is 1. The SMILES string of the molecule is CC=CCCC1=CCC2C1CCC2C1CCC(c2ccc(OCC)c(F)c2F)CC1. The van der Waals surface area contributed by atoms with Gasteiger partial charge >= 0.3 is 0 Å². The fraction of sp³-hybridized carbons (Fsp3) is 0.630.